The second kappa shape index (κ2) is 8.68. The molecule has 29 heavy (non-hydrogen) atoms. The second-order valence-electron chi connectivity index (χ2n) is 6.62. The van der Waals surface area contributed by atoms with Gasteiger partial charge in [-0.3, -0.25) is 9.10 Å². The van der Waals surface area contributed by atoms with Crippen LogP contribution in [0.15, 0.2) is 83.8 Å². The fourth-order valence-corrected chi connectivity index (χ4v) is 4.31. The highest BCUT2D eigenvalue weighted by Crippen LogP contribution is 2.22. The lowest BCUT2D eigenvalue weighted by Crippen LogP contribution is -2.27. The van der Waals surface area contributed by atoms with Crippen molar-refractivity contribution in [3.05, 3.63) is 95.0 Å². The Morgan fingerprint density at radius 1 is 0.897 bits per heavy atom. The lowest BCUT2D eigenvalue weighted by Gasteiger charge is -2.20. The molecule has 0 aromatic heterocycles. The highest BCUT2D eigenvalue weighted by molar-refractivity contribution is 7.92. The van der Waals surface area contributed by atoms with Gasteiger partial charge in [0.25, 0.3) is 15.9 Å². The molecule has 7 heteroatoms. The van der Waals surface area contributed by atoms with E-state index in [1.165, 1.54) is 35.6 Å². The van der Waals surface area contributed by atoms with E-state index in [-0.39, 0.29) is 10.8 Å². The first kappa shape index (κ1) is 20.9. The van der Waals surface area contributed by atoms with Gasteiger partial charge >= 0.3 is 0 Å². The third kappa shape index (κ3) is 4.78. The van der Waals surface area contributed by atoms with Gasteiger partial charge in [-0.25, -0.2) is 8.42 Å². The summed E-state index contributed by atoms with van der Waals surface area (Å²) in [5.41, 5.74) is 1.89. The van der Waals surface area contributed by atoms with Crippen molar-refractivity contribution in [3.63, 3.8) is 0 Å². The molecular formula is C22H21ClN2O3S. The third-order valence-electron chi connectivity index (χ3n) is 4.53. The number of carbonyl (C=O) groups excluding carboxylic acids is 1. The van der Waals surface area contributed by atoms with E-state index < -0.39 is 10.0 Å². The van der Waals surface area contributed by atoms with Gasteiger partial charge in [0.1, 0.15) is 0 Å². The highest BCUT2D eigenvalue weighted by Gasteiger charge is 2.22. The predicted molar refractivity (Wildman–Crippen MR) is 116 cm³/mol. The minimum Gasteiger partial charge on any atom is -0.337 e. The highest BCUT2D eigenvalue weighted by atomic mass is 35.5. The van der Waals surface area contributed by atoms with Crippen LogP contribution in [0.3, 0.4) is 0 Å². The number of anilines is 1. The third-order valence-corrected chi connectivity index (χ3v) is 6.57. The van der Waals surface area contributed by atoms with E-state index in [2.05, 4.69) is 0 Å². The molecule has 0 fully saturated rings. The Bertz CT molecular complexity index is 1100. The van der Waals surface area contributed by atoms with Gasteiger partial charge in [-0.05, 0) is 54.1 Å². The average molecular weight is 429 g/mol. The molecule has 150 valence electrons. The Morgan fingerprint density at radius 2 is 1.55 bits per heavy atom. The van der Waals surface area contributed by atoms with Crippen LogP contribution in [0.1, 0.15) is 15.9 Å². The number of sulfonamides is 1. The minimum absolute atomic E-state index is 0.123. The van der Waals surface area contributed by atoms with Gasteiger partial charge in [0.05, 0.1) is 10.6 Å². The van der Waals surface area contributed by atoms with Crippen LogP contribution in [0.2, 0.25) is 5.02 Å². The van der Waals surface area contributed by atoms with E-state index in [1.807, 2.05) is 18.2 Å². The number of benzene rings is 3. The summed E-state index contributed by atoms with van der Waals surface area (Å²) in [5.74, 6) is -0.203. The van der Waals surface area contributed by atoms with Crippen molar-refractivity contribution < 1.29 is 13.2 Å². The molecular weight excluding hydrogens is 408 g/mol. The monoisotopic (exact) mass is 428 g/mol. The van der Waals surface area contributed by atoms with Crippen LogP contribution in [0.4, 0.5) is 5.69 Å². The Balaban J connectivity index is 1.76. The van der Waals surface area contributed by atoms with Crippen LogP contribution in [-0.4, -0.2) is 33.3 Å². The quantitative estimate of drug-likeness (QED) is 0.583. The number of hydrogen-bond acceptors (Lipinski definition) is 3. The summed E-state index contributed by atoms with van der Waals surface area (Å²) in [4.78, 5) is 14.4. The molecule has 0 aliphatic rings. The number of carbonyl (C=O) groups is 1. The number of halogens is 1. The van der Waals surface area contributed by atoms with E-state index in [0.29, 0.717) is 22.8 Å². The fraction of sp³-hybridized carbons (Fsp3) is 0.136. The van der Waals surface area contributed by atoms with Gasteiger partial charge in [0.2, 0.25) is 0 Å². The van der Waals surface area contributed by atoms with Gasteiger partial charge in [-0.1, -0.05) is 41.9 Å². The first-order chi connectivity index (χ1) is 13.8. The van der Waals surface area contributed by atoms with Gasteiger partial charge in [-0.2, -0.15) is 0 Å². The zero-order valence-electron chi connectivity index (χ0n) is 16.1. The van der Waals surface area contributed by atoms with Crippen molar-refractivity contribution in [2.45, 2.75) is 11.4 Å². The Morgan fingerprint density at radius 3 is 2.17 bits per heavy atom. The molecule has 0 bridgehead atoms. The maximum Gasteiger partial charge on any atom is 0.264 e. The molecule has 0 aliphatic carbocycles. The first-order valence-corrected chi connectivity index (χ1v) is 10.7. The largest absolute Gasteiger partial charge is 0.337 e. The van der Waals surface area contributed by atoms with E-state index in [9.17, 15) is 13.2 Å². The van der Waals surface area contributed by atoms with Crippen molar-refractivity contribution in [2.24, 2.45) is 0 Å². The van der Waals surface area contributed by atoms with Crippen molar-refractivity contribution in [2.75, 3.05) is 18.4 Å². The number of hydrogen-bond donors (Lipinski definition) is 0. The maximum atomic E-state index is 12.8. The van der Waals surface area contributed by atoms with Gasteiger partial charge in [-0.15, -0.1) is 0 Å². The SMILES string of the molecule is CN(Cc1cccc(Cl)c1)C(=O)c1ccc(S(=O)(=O)N(C)c2ccccc2)cc1. The maximum absolute atomic E-state index is 12.8. The molecule has 3 aromatic rings. The van der Waals surface area contributed by atoms with Crippen LogP contribution in [0, 0.1) is 0 Å². The Hall–Kier alpha value is -2.83. The van der Waals surface area contributed by atoms with Crippen LogP contribution in [0.5, 0.6) is 0 Å². The summed E-state index contributed by atoms with van der Waals surface area (Å²) in [5, 5.41) is 0.612. The summed E-state index contributed by atoms with van der Waals surface area (Å²) >= 11 is 5.99. The topological polar surface area (TPSA) is 57.7 Å². The minimum atomic E-state index is -3.71. The Labute approximate surface area is 176 Å². The molecule has 0 aliphatic heterocycles. The van der Waals surface area contributed by atoms with Crippen LogP contribution >= 0.6 is 11.6 Å². The van der Waals surface area contributed by atoms with E-state index in [1.54, 1.807) is 48.3 Å². The first-order valence-electron chi connectivity index (χ1n) is 8.93. The predicted octanol–water partition coefficient (Wildman–Crippen LogP) is 4.44. The van der Waals surface area contributed by atoms with E-state index in [0.717, 1.165) is 5.56 Å². The molecule has 3 rings (SSSR count). The lowest BCUT2D eigenvalue weighted by molar-refractivity contribution is 0.0785. The van der Waals surface area contributed by atoms with Gasteiger partial charge < -0.3 is 4.90 Å². The average Bonchev–Trinajstić information content (AvgIpc) is 2.73. The van der Waals surface area contributed by atoms with Crippen molar-refractivity contribution in [1.82, 2.24) is 4.90 Å². The summed E-state index contributed by atoms with van der Waals surface area (Å²) in [6.07, 6.45) is 0. The summed E-state index contributed by atoms with van der Waals surface area (Å²) in [6, 6.07) is 22.1. The van der Waals surface area contributed by atoms with Gasteiger partial charge in [0.15, 0.2) is 0 Å². The second-order valence-corrected chi connectivity index (χ2v) is 9.03. The summed E-state index contributed by atoms with van der Waals surface area (Å²) < 4.78 is 26.9. The molecule has 0 saturated heterocycles. The fourth-order valence-electron chi connectivity index (χ4n) is 2.91. The number of amides is 1. The van der Waals surface area contributed by atoms with Crippen LogP contribution in [-0.2, 0) is 16.6 Å². The van der Waals surface area contributed by atoms with Crippen LogP contribution < -0.4 is 4.31 Å². The van der Waals surface area contributed by atoms with Crippen molar-refractivity contribution in [1.29, 1.82) is 0 Å². The molecule has 0 spiro atoms. The van der Waals surface area contributed by atoms with E-state index in [4.69, 9.17) is 11.6 Å². The normalized spacial score (nSPS) is 11.1. The van der Waals surface area contributed by atoms with E-state index >= 15 is 0 Å². The van der Waals surface area contributed by atoms with Crippen molar-refractivity contribution in [3.8, 4) is 0 Å². The molecule has 0 atom stereocenters. The molecule has 0 N–H and O–H groups in total. The number of nitrogens with zero attached hydrogens (tertiary/aromatic N) is 2. The number of rotatable bonds is 6. The standard InChI is InChI=1S/C22H21ClN2O3S/c1-24(16-17-7-6-8-19(23)15-17)22(26)18-11-13-21(14-12-18)29(27,28)25(2)20-9-4-3-5-10-20/h3-15H,16H2,1-2H3. The molecule has 0 unspecified atom stereocenters. The van der Waals surface area contributed by atoms with Gasteiger partial charge in [0, 0.05) is 31.2 Å². The number of para-hydroxylation sites is 1. The molecule has 0 heterocycles. The van der Waals surface area contributed by atoms with Crippen molar-refractivity contribution >= 4 is 33.2 Å². The zero-order chi connectivity index (χ0) is 21.0. The molecule has 5 nitrogen and oxygen atoms in total. The summed E-state index contributed by atoms with van der Waals surface area (Å²) in [7, 11) is -0.520. The summed E-state index contributed by atoms with van der Waals surface area (Å²) in [6.45, 7) is 0.399. The smallest absolute Gasteiger partial charge is 0.264 e. The molecule has 1 amide bonds. The lowest BCUT2D eigenvalue weighted by atomic mass is 10.1. The molecule has 0 saturated carbocycles. The molecule has 3 aromatic carbocycles. The van der Waals surface area contributed by atoms with Crippen LogP contribution in [0.25, 0.3) is 0 Å². The Kier molecular flexibility index (Phi) is 6.25. The molecule has 0 radical (unpaired) electrons. The zero-order valence-corrected chi connectivity index (χ0v) is 17.7.